The maximum absolute atomic E-state index is 13.0. The second-order valence-corrected chi connectivity index (χ2v) is 7.38. The molecule has 0 spiro atoms. The quantitative estimate of drug-likeness (QED) is 0.748. The van der Waals surface area contributed by atoms with Crippen molar-refractivity contribution in [3.63, 3.8) is 0 Å². The summed E-state index contributed by atoms with van der Waals surface area (Å²) in [5, 5.41) is 0.168. The van der Waals surface area contributed by atoms with Crippen LogP contribution in [0.5, 0.6) is 5.75 Å². The summed E-state index contributed by atoms with van der Waals surface area (Å²) < 4.78 is 18.8. The third-order valence-corrected chi connectivity index (χ3v) is 5.31. The molecule has 0 unspecified atom stereocenters. The molecule has 8 heteroatoms. The Hall–Kier alpha value is -2.67. The first-order valence-corrected chi connectivity index (χ1v) is 9.33. The number of piperidine rings is 1. The largest absolute Gasteiger partial charge is 0.493 e. The van der Waals surface area contributed by atoms with Crippen LogP contribution in [0.4, 0.5) is 4.39 Å². The van der Waals surface area contributed by atoms with E-state index in [0.717, 1.165) is 0 Å². The number of hydrogen-bond acceptors (Lipinski definition) is 4. The smallest absolute Gasteiger partial charge is 0.256 e. The summed E-state index contributed by atoms with van der Waals surface area (Å²) in [4.78, 5) is 30.0. The average molecular weight is 406 g/mol. The Morgan fingerprint density at radius 2 is 1.89 bits per heavy atom. The van der Waals surface area contributed by atoms with Gasteiger partial charge < -0.3 is 15.4 Å². The molecule has 1 aliphatic rings. The van der Waals surface area contributed by atoms with Crippen LogP contribution in [0, 0.1) is 11.2 Å². The third-order valence-electron chi connectivity index (χ3n) is 5.01. The molecule has 0 aliphatic carbocycles. The molecule has 6 nitrogen and oxygen atoms in total. The summed E-state index contributed by atoms with van der Waals surface area (Å²) >= 11 is 6.03. The van der Waals surface area contributed by atoms with Crippen LogP contribution >= 0.6 is 11.6 Å². The van der Waals surface area contributed by atoms with Gasteiger partial charge in [0.15, 0.2) is 0 Å². The molecule has 1 aliphatic heterocycles. The molecule has 148 valence electrons. The Bertz CT molecular complexity index is 852. The van der Waals surface area contributed by atoms with E-state index in [1.807, 2.05) is 0 Å². The number of hydrogen-bond donors (Lipinski definition) is 1. The van der Waals surface area contributed by atoms with Gasteiger partial charge in [0.2, 0.25) is 5.91 Å². The summed E-state index contributed by atoms with van der Waals surface area (Å²) in [6, 6.07) is 9.01. The second-order valence-electron chi connectivity index (χ2n) is 7.02. The summed E-state index contributed by atoms with van der Waals surface area (Å²) in [6.45, 7) is 1.16. The fourth-order valence-corrected chi connectivity index (χ4v) is 3.61. The van der Waals surface area contributed by atoms with E-state index in [1.165, 1.54) is 30.5 Å². The van der Waals surface area contributed by atoms with Crippen LogP contribution in [-0.2, 0) is 4.79 Å². The maximum Gasteiger partial charge on any atom is 0.256 e. The minimum absolute atomic E-state index is 0.157. The van der Waals surface area contributed by atoms with Crippen LogP contribution in [0.2, 0.25) is 5.15 Å². The van der Waals surface area contributed by atoms with E-state index >= 15 is 0 Å². The van der Waals surface area contributed by atoms with E-state index in [9.17, 15) is 14.0 Å². The van der Waals surface area contributed by atoms with Gasteiger partial charge in [-0.15, -0.1) is 0 Å². The second kappa shape index (κ2) is 8.56. The standard InChI is InChI=1S/C20H21ClFN3O3/c21-18-16(2-1-9-24-18)19(27)25-10-7-20(8-11-25,12-17(23)26)13-28-15-5-3-14(22)4-6-15/h1-6,9H,7-8,10-13H2,(H2,23,26). The monoisotopic (exact) mass is 405 g/mol. The fourth-order valence-electron chi connectivity index (χ4n) is 3.41. The number of aromatic nitrogens is 1. The third kappa shape index (κ3) is 4.78. The fraction of sp³-hybridized carbons (Fsp3) is 0.350. The van der Waals surface area contributed by atoms with Crippen molar-refractivity contribution < 1.29 is 18.7 Å². The highest BCUT2D eigenvalue weighted by Gasteiger charge is 2.38. The molecule has 0 radical (unpaired) electrons. The molecule has 2 heterocycles. The molecule has 0 bridgehead atoms. The molecule has 1 aromatic carbocycles. The lowest BCUT2D eigenvalue weighted by molar-refractivity contribution is -0.121. The van der Waals surface area contributed by atoms with E-state index in [2.05, 4.69) is 4.98 Å². The molecule has 28 heavy (non-hydrogen) atoms. The van der Waals surface area contributed by atoms with Crippen LogP contribution in [-0.4, -0.2) is 41.4 Å². The Labute approximate surface area is 167 Å². The first kappa shape index (κ1) is 20.1. The van der Waals surface area contributed by atoms with E-state index in [1.54, 1.807) is 17.0 Å². The first-order valence-electron chi connectivity index (χ1n) is 8.95. The molecule has 2 amide bonds. The SMILES string of the molecule is NC(=O)CC1(COc2ccc(F)cc2)CCN(C(=O)c2cccnc2Cl)CC1. The number of benzene rings is 1. The molecule has 1 saturated heterocycles. The summed E-state index contributed by atoms with van der Waals surface area (Å²) in [5.74, 6) is -0.436. The molecule has 2 N–H and O–H groups in total. The zero-order chi connectivity index (χ0) is 20.1. The molecule has 1 aromatic heterocycles. The minimum Gasteiger partial charge on any atom is -0.493 e. The van der Waals surface area contributed by atoms with E-state index in [4.69, 9.17) is 22.1 Å². The maximum atomic E-state index is 13.0. The number of pyridine rings is 1. The van der Waals surface area contributed by atoms with Gasteiger partial charge in [-0.05, 0) is 49.2 Å². The van der Waals surface area contributed by atoms with Crippen molar-refractivity contribution in [1.29, 1.82) is 0 Å². The lowest BCUT2D eigenvalue weighted by Gasteiger charge is -2.41. The Kier molecular flexibility index (Phi) is 6.14. The number of carbonyl (C=O) groups excluding carboxylic acids is 2. The number of likely N-dealkylation sites (tertiary alicyclic amines) is 1. The lowest BCUT2D eigenvalue weighted by Crippen LogP contribution is -2.47. The number of ether oxygens (including phenoxy) is 1. The van der Waals surface area contributed by atoms with Crippen molar-refractivity contribution >= 4 is 23.4 Å². The van der Waals surface area contributed by atoms with Gasteiger partial charge in [0, 0.05) is 31.1 Å². The van der Waals surface area contributed by atoms with Crippen molar-refractivity contribution in [2.75, 3.05) is 19.7 Å². The van der Waals surface area contributed by atoms with Crippen LogP contribution < -0.4 is 10.5 Å². The Morgan fingerprint density at radius 3 is 2.50 bits per heavy atom. The molecule has 1 fully saturated rings. The molecular formula is C20H21ClFN3O3. The zero-order valence-corrected chi connectivity index (χ0v) is 16.0. The highest BCUT2D eigenvalue weighted by Crippen LogP contribution is 2.36. The normalized spacial score (nSPS) is 15.9. The summed E-state index contributed by atoms with van der Waals surface area (Å²) in [5.41, 5.74) is 5.33. The highest BCUT2D eigenvalue weighted by molar-refractivity contribution is 6.32. The number of halogens is 2. The van der Waals surface area contributed by atoms with Crippen molar-refractivity contribution in [1.82, 2.24) is 9.88 Å². The highest BCUT2D eigenvalue weighted by atomic mass is 35.5. The predicted molar refractivity (Wildman–Crippen MR) is 103 cm³/mol. The average Bonchev–Trinajstić information content (AvgIpc) is 2.68. The lowest BCUT2D eigenvalue weighted by atomic mass is 9.76. The molecule has 0 saturated carbocycles. The van der Waals surface area contributed by atoms with Gasteiger partial charge in [0.25, 0.3) is 5.91 Å². The van der Waals surface area contributed by atoms with Gasteiger partial charge in [-0.2, -0.15) is 0 Å². The van der Waals surface area contributed by atoms with E-state index < -0.39 is 11.3 Å². The zero-order valence-electron chi connectivity index (χ0n) is 15.2. The van der Waals surface area contributed by atoms with E-state index in [0.29, 0.717) is 37.2 Å². The van der Waals surface area contributed by atoms with Gasteiger partial charge in [0.05, 0.1) is 12.2 Å². The summed E-state index contributed by atoms with van der Waals surface area (Å²) in [7, 11) is 0. The molecule has 0 atom stereocenters. The Balaban J connectivity index is 1.67. The predicted octanol–water partition coefficient (Wildman–Crippen LogP) is 3.05. The number of nitrogens with two attached hydrogens (primary N) is 1. The van der Waals surface area contributed by atoms with Gasteiger partial charge in [-0.1, -0.05) is 11.6 Å². The molecule has 2 aromatic rings. The molecular weight excluding hydrogens is 385 g/mol. The van der Waals surface area contributed by atoms with Crippen molar-refractivity contribution in [3.05, 3.63) is 59.1 Å². The Morgan fingerprint density at radius 1 is 1.21 bits per heavy atom. The van der Waals surface area contributed by atoms with Crippen LogP contribution in [0.15, 0.2) is 42.6 Å². The first-order chi connectivity index (χ1) is 13.4. The van der Waals surface area contributed by atoms with E-state index in [-0.39, 0.29) is 29.9 Å². The van der Waals surface area contributed by atoms with Crippen molar-refractivity contribution in [3.8, 4) is 5.75 Å². The van der Waals surface area contributed by atoms with Gasteiger partial charge in [-0.25, -0.2) is 9.37 Å². The van der Waals surface area contributed by atoms with Crippen LogP contribution in [0.1, 0.15) is 29.6 Å². The number of carbonyl (C=O) groups is 2. The van der Waals surface area contributed by atoms with Gasteiger partial charge in [0.1, 0.15) is 16.7 Å². The number of primary amides is 1. The van der Waals surface area contributed by atoms with Gasteiger partial charge >= 0.3 is 0 Å². The number of amides is 2. The number of rotatable bonds is 6. The van der Waals surface area contributed by atoms with Gasteiger partial charge in [-0.3, -0.25) is 9.59 Å². The van der Waals surface area contributed by atoms with Crippen LogP contribution in [0.25, 0.3) is 0 Å². The van der Waals surface area contributed by atoms with Crippen molar-refractivity contribution in [2.24, 2.45) is 11.1 Å². The minimum atomic E-state index is -0.476. The molecule has 3 rings (SSSR count). The van der Waals surface area contributed by atoms with Crippen molar-refractivity contribution in [2.45, 2.75) is 19.3 Å². The summed E-state index contributed by atoms with van der Waals surface area (Å²) in [6.07, 6.45) is 2.80. The van der Waals surface area contributed by atoms with Crippen LogP contribution in [0.3, 0.4) is 0 Å². The topological polar surface area (TPSA) is 85.5 Å². The number of nitrogens with zero attached hydrogens (tertiary/aromatic N) is 2.